The van der Waals surface area contributed by atoms with Crippen molar-refractivity contribution in [3.63, 3.8) is 0 Å². The fourth-order valence-corrected chi connectivity index (χ4v) is 10.1. The highest BCUT2D eigenvalue weighted by molar-refractivity contribution is 5.89. The van der Waals surface area contributed by atoms with Gasteiger partial charge < -0.3 is 28.5 Å². The summed E-state index contributed by atoms with van der Waals surface area (Å²) in [5.41, 5.74) is 1.51. The minimum Gasteiger partial charge on any atom is -0.482 e. The quantitative estimate of drug-likeness (QED) is 0.218. The summed E-state index contributed by atoms with van der Waals surface area (Å²) >= 11 is 0. The van der Waals surface area contributed by atoms with Crippen molar-refractivity contribution >= 4 is 5.97 Å². The number of fused-ring (bicyclic) bond motifs is 6. The molecule has 268 valence electrons. The van der Waals surface area contributed by atoms with Gasteiger partial charge in [-0.1, -0.05) is 32.0 Å². The summed E-state index contributed by atoms with van der Waals surface area (Å²) in [5.74, 6) is -0.986. The van der Waals surface area contributed by atoms with Gasteiger partial charge in [-0.05, 0) is 98.9 Å². The Morgan fingerprint density at radius 2 is 1.77 bits per heavy atom. The van der Waals surface area contributed by atoms with Crippen LogP contribution < -0.4 is 10.4 Å². The molecule has 2 saturated carbocycles. The molecule has 9 atom stereocenters. The van der Waals surface area contributed by atoms with Crippen LogP contribution in [0.15, 0.2) is 82.3 Å². The maximum atomic E-state index is 13.9. The van der Waals surface area contributed by atoms with Gasteiger partial charge in [-0.2, -0.15) is 5.26 Å². The highest BCUT2D eigenvalue weighted by Gasteiger charge is 2.71. The fourth-order valence-electron chi connectivity index (χ4n) is 10.1. The molecule has 4 heterocycles. The number of carbonyl (C=O) groups excluding carboxylic acids is 1. The molecule has 0 bridgehead atoms. The van der Waals surface area contributed by atoms with Crippen LogP contribution in [0.3, 0.4) is 0 Å². The monoisotopic (exact) mass is 702 g/mol. The van der Waals surface area contributed by atoms with Gasteiger partial charge in [0.1, 0.15) is 28.8 Å². The molecule has 2 aromatic carbocycles. The third-order valence-corrected chi connectivity index (χ3v) is 12.6. The summed E-state index contributed by atoms with van der Waals surface area (Å²) in [5, 5.41) is 21.8. The van der Waals surface area contributed by atoms with Crippen molar-refractivity contribution in [2.45, 2.75) is 84.1 Å². The number of aryl methyl sites for hydroxylation is 2. The Morgan fingerprint density at radius 1 is 1.02 bits per heavy atom. The summed E-state index contributed by atoms with van der Waals surface area (Å²) in [7, 11) is 0. The Morgan fingerprint density at radius 3 is 2.46 bits per heavy atom. The zero-order chi connectivity index (χ0) is 36.6. The van der Waals surface area contributed by atoms with Gasteiger partial charge in [0, 0.05) is 40.9 Å². The first-order valence-corrected chi connectivity index (χ1v) is 17.9. The summed E-state index contributed by atoms with van der Waals surface area (Å²) in [6.07, 6.45) is 2.15. The predicted molar refractivity (Wildman–Crippen MR) is 189 cm³/mol. The van der Waals surface area contributed by atoms with Crippen molar-refractivity contribution in [1.29, 1.82) is 5.26 Å². The SMILES string of the molecule is Cc1cccc(C)c1C1OC[C@@]2(C)[C@@H]3C[C@H](OC(=O)c4ccc(C#N)cc4)[C@@]4(C)Oc5cc(-c6cccnc6)oc(=O)c5[C@H](O)[C@@H]4[C@@]3(C)CC[C@@H]2O1. The Kier molecular flexibility index (Phi) is 8.18. The molecular weight excluding hydrogens is 660 g/mol. The summed E-state index contributed by atoms with van der Waals surface area (Å²) in [6.45, 7) is 10.7. The smallest absolute Gasteiger partial charge is 0.345 e. The number of pyridine rings is 1. The van der Waals surface area contributed by atoms with Gasteiger partial charge in [-0.15, -0.1) is 0 Å². The number of aliphatic hydroxyl groups excluding tert-OH is 1. The Bertz CT molecular complexity index is 2120. The van der Waals surface area contributed by atoms with E-state index in [1.807, 2.05) is 13.0 Å². The van der Waals surface area contributed by atoms with Crippen LogP contribution >= 0.6 is 0 Å². The van der Waals surface area contributed by atoms with E-state index in [0.717, 1.165) is 16.7 Å². The van der Waals surface area contributed by atoms with Gasteiger partial charge in [-0.3, -0.25) is 4.98 Å². The van der Waals surface area contributed by atoms with Crippen molar-refractivity contribution in [3.8, 4) is 23.1 Å². The van der Waals surface area contributed by atoms with Crippen molar-refractivity contribution in [2.24, 2.45) is 22.7 Å². The number of nitrogens with zero attached hydrogens (tertiary/aromatic N) is 2. The van der Waals surface area contributed by atoms with Gasteiger partial charge in [0.25, 0.3) is 0 Å². The second-order valence-corrected chi connectivity index (χ2v) is 15.6. The van der Waals surface area contributed by atoms with Crippen molar-refractivity contribution in [3.05, 3.63) is 117 Å². The highest BCUT2D eigenvalue weighted by Crippen LogP contribution is 2.68. The van der Waals surface area contributed by atoms with Gasteiger partial charge in [0.05, 0.1) is 36.0 Å². The van der Waals surface area contributed by atoms with Crippen molar-refractivity contribution in [2.75, 3.05) is 6.61 Å². The zero-order valence-electron chi connectivity index (χ0n) is 29.9. The Balaban J connectivity index is 1.21. The lowest BCUT2D eigenvalue weighted by molar-refractivity contribution is -0.330. The molecule has 3 fully saturated rings. The number of ether oxygens (including phenoxy) is 4. The fraction of sp³-hybridized carbons (Fsp3) is 0.429. The van der Waals surface area contributed by atoms with Crippen LogP contribution in [0.5, 0.6) is 5.75 Å². The van der Waals surface area contributed by atoms with Crippen LogP contribution in [0.4, 0.5) is 0 Å². The number of rotatable bonds is 4. The first-order chi connectivity index (χ1) is 24.9. The molecule has 4 aromatic rings. The lowest BCUT2D eigenvalue weighted by atomic mass is 9.42. The van der Waals surface area contributed by atoms with Crippen LogP contribution in [0.1, 0.15) is 90.6 Å². The average Bonchev–Trinajstić information content (AvgIpc) is 3.12. The third kappa shape index (κ3) is 5.20. The van der Waals surface area contributed by atoms with Crippen LogP contribution in [-0.4, -0.2) is 40.5 Å². The number of aliphatic hydroxyl groups is 1. The maximum absolute atomic E-state index is 13.9. The number of aromatic nitrogens is 1. The summed E-state index contributed by atoms with van der Waals surface area (Å²) in [6, 6.07) is 19.6. The van der Waals surface area contributed by atoms with E-state index in [-0.39, 0.29) is 34.7 Å². The topological polar surface area (TPSA) is 141 Å². The Labute approximate surface area is 302 Å². The molecule has 52 heavy (non-hydrogen) atoms. The average molecular weight is 703 g/mol. The number of nitriles is 1. The molecule has 0 radical (unpaired) electrons. The van der Waals surface area contributed by atoms with E-state index in [1.165, 1.54) is 0 Å². The standard InChI is InChI=1S/C42H42N2O8/c1-23-8-6-9-24(2)33(23)39-48-22-41(4)30-19-32(50-37(46)26-13-11-25(20-43)12-14-26)42(5)36(40(30,3)16-15-31(41)51-39)35(45)34-29(52-42)18-28(49-38(34)47)27-10-7-17-44-21-27/h6-14,17-18,21,30-32,35-36,39,45H,15-16,19,22H2,1-5H3/t30-,31+,32+,35+,36-,39?,40+,41+,42-/m1/s1. The van der Waals surface area contributed by atoms with Crippen LogP contribution in [-0.2, 0) is 14.2 Å². The number of benzene rings is 2. The van der Waals surface area contributed by atoms with E-state index in [1.54, 1.807) is 54.9 Å². The number of hydrogen-bond donors (Lipinski definition) is 1. The second-order valence-electron chi connectivity index (χ2n) is 15.6. The van der Waals surface area contributed by atoms with Gasteiger partial charge in [-0.25, -0.2) is 9.59 Å². The van der Waals surface area contributed by atoms with Crippen molar-refractivity contribution < 1.29 is 33.3 Å². The van der Waals surface area contributed by atoms with E-state index in [9.17, 15) is 20.0 Å². The molecular formula is C42H42N2O8. The predicted octanol–water partition coefficient (Wildman–Crippen LogP) is 7.16. The molecule has 1 unspecified atom stereocenters. The molecule has 0 spiro atoms. The molecule has 8 rings (SSSR count). The van der Waals surface area contributed by atoms with E-state index < -0.39 is 52.4 Å². The van der Waals surface area contributed by atoms with Gasteiger partial charge >= 0.3 is 11.6 Å². The first-order valence-electron chi connectivity index (χ1n) is 17.9. The summed E-state index contributed by atoms with van der Waals surface area (Å²) < 4.78 is 32.5. The van der Waals surface area contributed by atoms with Crippen LogP contribution in [0, 0.1) is 47.8 Å². The zero-order valence-corrected chi connectivity index (χ0v) is 29.9. The molecule has 10 nitrogen and oxygen atoms in total. The largest absolute Gasteiger partial charge is 0.482 e. The van der Waals surface area contributed by atoms with E-state index in [2.05, 4.69) is 50.9 Å². The van der Waals surface area contributed by atoms with E-state index in [0.29, 0.717) is 37.0 Å². The minimum absolute atomic E-state index is 0.0488. The molecule has 10 heteroatoms. The summed E-state index contributed by atoms with van der Waals surface area (Å²) in [4.78, 5) is 31.8. The molecule has 2 aliphatic heterocycles. The van der Waals surface area contributed by atoms with Crippen molar-refractivity contribution in [1.82, 2.24) is 4.98 Å². The van der Waals surface area contributed by atoms with Crippen LogP contribution in [0.2, 0.25) is 0 Å². The van der Waals surface area contributed by atoms with E-state index in [4.69, 9.17) is 23.4 Å². The molecule has 2 aromatic heterocycles. The Hall–Kier alpha value is -4.82. The minimum atomic E-state index is -1.29. The molecule has 1 saturated heterocycles. The van der Waals surface area contributed by atoms with Crippen LogP contribution in [0.25, 0.3) is 11.3 Å². The molecule has 2 aliphatic carbocycles. The second kappa shape index (κ2) is 12.4. The maximum Gasteiger partial charge on any atom is 0.345 e. The van der Waals surface area contributed by atoms with Gasteiger partial charge in [0.15, 0.2) is 6.29 Å². The normalized spacial score (nSPS) is 33.2. The number of esters is 1. The van der Waals surface area contributed by atoms with E-state index >= 15 is 0 Å². The molecule has 4 aliphatic rings. The van der Waals surface area contributed by atoms with Gasteiger partial charge in [0.2, 0.25) is 0 Å². The third-order valence-electron chi connectivity index (χ3n) is 12.6. The first kappa shape index (κ1) is 34.3. The lowest BCUT2D eigenvalue weighted by Crippen LogP contribution is -2.72. The molecule has 1 N–H and O–H groups in total. The highest BCUT2D eigenvalue weighted by atomic mass is 16.7. The number of hydrogen-bond acceptors (Lipinski definition) is 10. The lowest BCUT2D eigenvalue weighted by Gasteiger charge is -2.67. The number of carbonyl (C=O) groups is 1. The molecule has 0 amide bonds.